The van der Waals surface area contributed by atoms with E-state index in [4.69, 9.17) is 0 Å². The minimum absolute atomic E-state index is 0.0348. The van der Waals surface area contributed by atoms with Crippen molar-refractivity contribution in [3.05, 3.63) is 65.5 Å². The Morgan fingerprint density at radius 2 is 1.69 bits per heavy atom. The lowest BCUT2D eigenvalue weighted by molar-refractivity contribution is -0.122. The van der Waals surface area contributed by atoms with E-state index in [9.17, 15) is 14.0 Å². The summed E-state index contributed by atoms with van der Waals surface area (Å²) in [5, 5.41) is 2.99. The number of rotatable bonds is 7. The summed E-state index contributed by atoms with van der Waals surface area (Å²) in [5.41, 5.74) is 2.48. The molecule has 0 aliphatic heterocycles. The van der Waals surface area contributed by atoms with E-state index >= 15 is 0 Å². The second-order valence-electron chi connectivity index (χ2n) is 8.22. The fourth-order valence-corrected chi connectivity index (χ4v) is 3.99. The third-order valence-electron chi connectivity index (χ3n) is 5.76. The van der Waals surface area contributed by atoms with Crippen LogP contribution in [0.5, 0.6) is 0 Å². The first-order valence-electron chi connectivity index (χ1n) is 10.5. The van der Waals surface area contributed by atoms with E-state index in [0.717, 1.165) is 55.3 Å². The molecule has 0 spiro atoms. The Morgan fingerprint density at radius 1 is 0.966 bits per heavy atom. The van der Waals surface area contributed by atoms with Crippen molar-refractivity contribution in [3.8, 4) is 0 Å². The molecule has 2 amide bonds. The zero-order chi connectivity index (χ0) is 20.2. The third-order valence-corrected chi connectivity index (χ3v) is 5.76. The molecule has 0 saturated heterocycles. The lowest BCUT2D eigenvalue weighted by atomic mass is 10.0. The fourth-order valence-electron chi connectivity index (χ4n) is 3.99. The predicted octanol–water partition coefficient (Wildman–Crippen LogP) is 4.37. The van der Waals surface area contributed by atoms with Gasteiger partial charge in [0.1, 0.15) is 5.82 Å². The predicted molar refractivity (Wildman–Crippen MR) is 111 cm³/mol. The fraction of sp³-hybridized carbons (Fsp3) is 0.417. The molecule has 2 aromatic rings. The number of carbonyl (C=O) groups excluding carboxylic acids is 2. The lowest BCUT2D eigenvalue weighted by Crippen LogP contribution is -2.35. The van der Waals surface area contributed by atoms with Gasteiger partial charge in [0.15, 0.2) is 0 Å². The summed E-state index contributed by atoms with van der Waals surface area (Å²) in [6.45, 7) is 0.342. The highest BCUT2D eigenvalue weighted by atomic mass is 19.1. The van der Waals surface area contributed by atoms with Crippen LogP contribution in [0.3, 0.4) is 0 Å². The van der Waals surface area contributed by atoms with E-state index in [-0.39, 0.29) is 23.5 Å². The molecule has 5 heteroatoms. The van der Waals surface area contributed by atoms with Crippen molar-refractivity contribution >= 4 is 17.5 Å². The highest BCUT2D eigenvalue weighted by Crippen LogP contribution is 2.30. The van der Waals surface area contributed by atoms with Gasteiger partial charge >= 0.3 is 0 Å². The number of amides is 2. The molecule has 4 nitrogen and oxygen atoms in total. The Labute approximate surface area is 171 Å². The van der Waals surface area contributed by atoms with Gasteiger partial charge in [0.25, 0.3) is 0 Å². The van der Waals surface area contributed by atoms with Gasteiger partial charge in [0.05, 0.1) is 13.0 Å². The highest BCUT2D eigenvalue weighted by molar-refractivity contribution is 5.95. The summed E-state index contributed by atoms with van der Waals surface area (Å²) in [7, 11) is 0. The van der Waals surface area contributed by atoms with Gasteiger partial charge < -0.3 is 10.2 Å². The molecule has 4 rings (SSSR count). The van der Waals surface area contributed by atoms with E-state index in [2.05, 4.69) is 5.32 Å². The largest absolute Gasteiger partial charge is 0.353 e. The molecule has 0 unspecified atom stereocenters. The zero-order valence-electron chi connectivity index (χ0n) is 16.6. The molecule has 0 bridgehead atoms. The SMILES string of the molecule is O=C(Cc1ccc(N(Cc2cccc(F)c2)C(=O)C2CCCC2)cc1)NC1CC1. The lowest BCUT2D eigenvalue weighted by Gasteiger charge is -2.26. The maximum Gasteiger partial charge on any atom is 0.230 e. The average molecular weight is 394 g/mol. The molecule has 1 N–H and O–H groups in total. The van der Waals surface area contributed by atoms with Crippen LogP contribution in [0.2, 0.25) is 0 Å². The number of halogens is 1. The van der Waals surface area contributed by atoms with Crippen LogP contribution in [0.1, 0.15) is 49.7 Å². The van der Waals surface area contributed by atoms with Crippen molar-refractivity contribution in [2.45, 2.75) is 57.5 Å². The zero-order valence-corrected chi connectivity index (χ0v) is 16.6. The summed E-state index contributed by atoms with van der Waals surface area (Å²) in [5.74, 6) is -0.120. The Hall–Kier alpha value is -2.69. The minimum atomic E-state index is -0.298. The average Bonchev–Trinajstić information content (AvgIpc) is 3.34. The van der Waals surface area contributed by atoms with Crippen molar-refractivity contribution in [2.75, 3.05) is 4.90 Å². The molecule has 0 atom stereocenters. The minimum Gasteiger partial charge on any atom is -0.353 e. The Bertz CT molecular complexity index is 871. The van der Waals surface area contributed by atoms with Crippen molar-refractivity contribution in [1.82, 2.24) is 5.32 Å². The van der Waals surface area contributed by atoms with Crippen LogP contribution in [0.25, 0.3) is 0 Å². The second-order valence-corrected chi connectivity index (χ2v) is 8.22. The third kappa shape index (κ3) is 5.22. The van der Waals surface area contributed by atoms with Gasteiger partial charge in [0.2, 0.25) is 11.8 Å². The number of benzene rings is 2. The standard InChI is InChI=1S/C24H27FN2O2/c25-20-7-3-4-18(14-20)16-27(24(29)19-5-1-2-6-19)22-12-8-17(9-13-22)15-23(28)26-21-10-11-21/h3-4,7-9,12-14,19,21H,1-2,5-6,10-11,15-16H2,(H,26,28). The number of hydrogen-bond acceptors (Lipinski definition) is 2. The Kier molecular flexibility index (Phi) is 5.93. The van der Waals surface area contributed by atoms with E-state index in [1.165, 1.54) is 12.1 Å². The first kappa shape index (κ1) is 19.6. The normalized spacial score (nSPS) is 16.6. The molecule has 2 aromatic carbocycles. The van der Waals surface area contributed by atoms with Gasteiger partial charge in [0, 0.05) is 17.6 Å². The molecule has 2 aliphatic rings. The summed E-state index contributed by atoms with van der Waals surface area (Å²) in [6, 6.07) is 14.4. The van der Waals surface area contributed by atoms with Crippen LogP contribution in [-0.2, 0) is 22.6 Å². The monoisotopic (exact) mass is 394 g/mol. The van der Waals surface area contributed by atoms with Crippen LogP contribution in [0.4, 0.5) is 10.1 Å². The molecule has 0 aromatic heterocycles. The Balaban J connectivity index is 1.51. The summed E-state index contributed by atoms with van der Waals surface area (Å²) in [4.78, 5) is 27.0. The topological polar surface area (TPSA) is 49.4 Å². The van der Waals surface area contributed by atoms with Crippen molar-refractivity contribution < 1.29 is 14.0 Å². The van der Waals surface area contributed by atoms with Crippen molar-refractivity contribution in [1.29, 1.82) is 0 Å². The molecule has 29 heavy (non-hydrogen) atoms. The van der Waals surface area contributed by atoms with Crippen LogP contribution in [0, 0.1) is 11.7 Å². The Morgan fingerprint density at radius 3 is 2.34 bits per heavy atom. The summed E-state index contributed by atoms with van der Waals surface area (Å²) >= 11 is 0. The van der Waals surface area contributed by atoms with Gasteiger partial charge in [-0.05, 0) is 61.1 Å². The number of nitrogens with zero attached hydrogens (tertiary/aromatic N) is 1. The molecule has 2 fully saturated rings. The quantitative estimate of drug-likeness (QED) is 0.758. The van der Waals surface area contributed by atoms with Gasteiger partial charge in [-0.2, -0.15) is 0 Å². The van der Waals surface area contributed by atoms with E-state index in [1.807, 2.05) is 30.3 Å². The maximum atomic E-state index is 13.6. The van der Waals surface area contributed by atoms with E-state index in [0.29, 0.717) is 19.0 Å². The maximum absolute atomic E-state index is 13.6. The molecule has 2 aliphatic carbocycles. The number of nitrogens with one attached hydrogen (secondary N) is 1. The van der Waals surface area contributed by atoms with Crippen molar-refractivity contribution in [2.24, 2.45) is 5.92 Å². The molecule has 0 heterocycles. The summed E-state index contributed by atoms with van der Waals surface area (Å²) in [6.07, 6.45) is 6.48. The van der Waals surface area contributed by atoms with Crippen LogP contribution in [0.15, 0.2) is 48.5 Å². The molecular weight excluding hydrogens is 367 g/mol. The van der Waals surface area contributed by atoms with E-state index in [1.54, 1.807) is 11.0 Å². The van der Waals surface area contributed by atoms with Crippen LogP contribution >= 0.6 is 0 Å². The van der Waals surface area contributed by atoms with Gasteiger partial charge in [-0.1, -0.05) is 37.1 Å². The molecule has 152 valence electrons. The first-order chi connectivity index (χ1) is 14.1. The summed E-state index contributed by atoms with van der Waals surface area (Å²) < 4.78 is 13.6. The van der Waals surface area contributed by atoms with Crippen LogP contribution < -0.4 is 10.2 Å². The first-order valence-corrected chi connectivity index (χ1v) is 10.5. The van der Waals surface area contributed by atoms with Gasteiger partial charge in [-0.15, -0.1) is 0 Å². The second kappa shape index (κ2) is 8.76. The van der Waals surface area contributed by atoms with Crippen molar-refractivity contribution in [3.63, 3.8) is 0 Å². The van der Waals surface area contributed by atoms with E-state index < -0.39 is 0 Å². The van der Waals surface area contributed by atoms with Crippen LogP contribution in [-0.4, -0.2) is 17.9 Å². The molecule has 0 radical (unpaired) electrons. The van der Waals surface area contributed by atoms with Gasteiger partial charge in [-0.3, -0.25) is 9.59 Å². The van der Waals surface area contributed by atoms with Gasteiger partial charge in [-0.25, -0.2) is 4.39 Å². The molecular formula is C24H27FN2O2. The highest BCUT2D eigenvalue weighted by Gasteiger charge is 2.28. The smallest absolute Gasteiger partial charge is 0.230 e. The number of hydrogen-bond donors (Lipinski definition) is 1. The molecule has 2 saturated carbocycles. The number of carbonyl (C=O) groups is 2. The number of anilines is 1.